The smallest absolute Gasteiger partial charge is 0.0641 e. The van der Waals surface area contributed by atoms with Gasteiger partial charge in [0, 0.05) is 17.6 Å². The molecule has 1 fully saturated rings. The highest BCUT2D eigenvalue weighted by Crippen LogP contribution is 2.31. The molecule has 4 heteroatoms. The molecule has 1 aromatic rings. The molecule has 1 aromatic carbocycles. The predicted octanol–water partition coefficient (Wildman–Crippen LogP) is 4.44. The molecule has 1 heterocycles. The average Bonchev–Trinajstić information content (AvgIpc) is 2.36. The molecule has 1 aliphatic rings. The number of benzene rings is 1. The lowest BCUT2D eigenvalue weighted by molar-refractivity contribution is 0.197. The van der Waals surface area contributed by atoms with Gasteiger partial charge in [-0.15, -0.1) is 0 Å². The molecule has 19 heavy (non-hydrogen) atoms. The van der Waals surface area contributed by atoms with Gasteiger partial charge in [-0.25, -0.2) is 0 Å². The van der Waals surface area contributed by atoms with Crippen molar-refractivity contribution < 1.29 is 0 Å². The molecule has 0 spiro atoms. The van der Waals surface area contributed by atoms with Crippen molar-refractivity contribution in [2.75, 3.05) is 25.5 Å². The molecule has 0 saturated carbocycles. The summed E-state index contributed by atoms with van der Waals surface area (Å²) in [6.07, 6.45) is 2.55. The minimum absolute atomic E-state index is 0.402. The molecule has 1 N–H and O–H groups in total. The van der Waals surface area contributed by atoms with Crippen molar-refractivity contribution in [1.29, 1.82) is 0 Å². The standard InChI is InChI=1S/C15H22Cl2N2/c1-10-7-14(17)15(8-13(10)16)18-11(2)12-5-4-6-19(3)9-12/h7-8,11-12,18H,4-6,9H2,1-3H3. The third-order valence-electron chi connectivity index (χ3n) is 4.00. The number of rotatable bonds is 3. The van der Waals surface area contributed by atoms with Gasteiger partial charge in [0.15, 0.2) is 0 Å². The summed E-state index contributed by atoms with van der Waals surface area (Å²) in [4.78, 5) is 2.40. The summed E-state index contributed by atoms with van der Waals surface area (Å²) in [5, 5.41) is 5.04. The van der Waals surface area contributed by atoms with Gasteiger partial charge >= 0.3 is 0 Å². The lowest BCUT2D eigenvalue weighted by atomic mass is 9.91. The molecule has 1 saturated heterocycles. The molecular formula is C15H22Cl2N2. The van der Waals surface area contributed by atoms with Crippen LogP contribution in [0.1, 0.15) is 25.3 Å². The second-order valence-electron chi connectivity index (χ2n) is 5.68. The monoisotopic (exact) mass is 300 g/mol. The predicted molar refractivity (Wildman–Crippen MR) is 84.5 cm³/mol. The van der Waals surface area contributed by atoms with E-state index in [4.69, 9.17) is 23.2 Å². The topological polar surface area (TPSA) is 15.3 Å². The number of halogens is 2. The van der Waals surface area contributed by atoms with Gasteiger partial charge in [0.2, 0.25) is 0 Å². The van der Waals surface area contributed by atoms with E-state index in [0.717, 1.165) is 27.8 Å². The number of likely N-dealkylation sites (tertiary alicyclic amines) is 1. The maximum Gasteiger partial charge on any atom is 0.0641 e. The van der Waals surface area contributed by atoms with Gasteiger partial charge in [0.25, 0.3) is 0 Å². The largest absolute Gasteiger partial charge is 0.381 e. The third kappa shape index (κ3) is 3.77. The SMILES string of the molecule is Cc1cc(Cl)c(NC(C)C2CCCN(C)C2)cc1Cl. The number of aryl methyl sites for hydroxylation is 1. The van der Waals surface area contributed by atoms with Crippen molar-refractivity contribution >= 4 is 28.9 Å². The summed E-state index contributed by atoms with van der Waals surface area (Å²) < 4.78 is 0. The highest BCUT2D eigenvalue weighted by Gasteiger charge is 2.23. The zero-order valence-corrected chi connectivity index (χ0v) is 13.4. The zero-order chi connectivity index (χ0) is 14.0. The van der Waals surface area contributed by atoms with Crippen LogP contribution in [0.3, 0.4) is 0 Å². The van der Waals surface area contributed by atoms with Gasteiger partial charge in [-0.3, -0.25) is 0 Å². The van der Waals surface area contributed by atoms with Crippen molar-refractivity contribution in [1.82, 2.24) is 4.90 Å². The van der Waals surface area contributed by atoms with Gasteiger partial charge in [0.1, 0.15) is 0 Å². The van der Waals surface area contributed by atoms with Gasteiger partial charge < -0.3 is 10.2 Å². The fourth-order valence-electron chi connectivity index (χ4n) is 2.73. The second kappa shape index (κ2) is 6.34. The first kappa shape index (κ1) is 15.0. The normalized spacial score (nSPS) is 22.3. The molecule has 0 aromatic heterocycles. The second-order valence-corrected chi connectivity index (χ2v) is 6.49. The fourth-order valence-corrected chi connectivity index (χ4v) is 3.17. The van der Waals surface area contributed by atoms with Crippen molar-refractivity contribution in [3.63, 3.8) is 0 Å². The van der Waals surface area contributed by atoms with E-state index >= 15 is 0 Å². The maximum atomic E-state index is 6.28. The number of nitrogens with zero attached hydrogens (tertiary/aromatic N) is 1. The van der Waals surface area contributed by atoms with Gasteiger partial charge in [-0.1, -0.05) is 23.2 Å². The molecule has 0 amide bonds. The molecule has 2 unspecified atom stereocenters. The molecule has 2 nitrogen and oxygen atoms in total. The third-order valence-corrected chi connectivity index (χ3v) is 4.72. The van der Waals surface area contributed by atoms with Crippen molar-refractivity contribution in [2.45, 2.75) is 32.7 Å². The Bertz CT molecular complexity index is 448. The number of hydrogen-bond donors (Lipinski definition) is 1. The first-order valence-corrected chi connectivity index (χ1v) is 7.63. The minimum Gasteiger partial charge on any atom is -0.381 e. The van der Waals surface area contributed by atoms with Crippen LogP contribution in [-0.2, 0) is 0 Å². The van der Waals surface area contributed by atoms with E-state index in [1.165, 1.54) is 19.4 Å². The van der Waals surface area contributed by atoms with Crippen LogP contribution in [0, 0.1) is 12.8 Å². The Hall–Kier alpha value is -0.440. The molecule has 1 aliphatic heterocycles. The molecule has 0 aliphatic carbocycles. The van der Waals surface area contributed by atoms with Gasteiger partial charge in [-0.2, -0.15) is 0 Å². The van der Waals surface area contributed by atoms with E-state index < -0.39 is 0 Å². The Balaban J connectivity index is 2.06. The molecule has 2 rings (SSSR count). The zero-order valence-electron chi connectivity index (χ0n) is 11.8. The van der Waals surface area contributed by atoms with E-state index in [2.05, 4.69) is 24.2 Å². The van der Waals surface area contributed by atoms with Crippen LogP contribution in [0.2, 0.25) is 10.0 Å². The highest BCUT2D eigenvalue weighted by atomic mass is 35.5. The quantitative estimate of drug-likeness (QED) is 0.887. The first-order valence-electron chi connectivity index (χ1n) is 6.88. The van der Waals surface area contributed by atoms with Crippen LogP contribution in [0.5, 0.6) is 0 Å². The van der Waals surface area contributed by atoms with E-state index in [1.807, 2.05) is 19.1 Å². The van der Waals surface area contributed by atoms with Crippen molar-refractivity contribution in [2.24, 2.45) is 5.92 Å². The van der Waals surface area contributed by atoms with E-state index in [-0.39, 0.29) is 0 Å². The van der Waals surface area contributed by atoms with E-state index in [1.54, 1.807) is 0 Å². The highest BCUT2D eigenvalue weighted by molar-refractivity contribution is 6.35. The summed E-state index contributed by atoms with van der Waals surface area (Å²) in [5.41, 5.74) is 1.96. The van der Waals surface area contributed by atoms with Crippen molar-refractivity contribution in [3.8, 4) is 0 Å². The van der Waals surface area contributed by atoms with Gasteiger partial charge in [-0.05, 0) is 63.9 Å². The van der Waals surface area contributed by atoms with Crippen LogP contribution in [0.15, 0.2) is 12.1 Å². The molecule has 106 valence electrons. The Morgan fingerprint density at radius 3 is 2.74 bits per heavy atom. The summed E-state index contributed by atoms with van der Waals surface area (Å²) in [5.74, 6) is 0.662. The van der Waals surface area contributed by atoms with Crippen LogP contribution in [-0.4, -0.2) is 31.1 Å². The summed E-state index contributed by atoms with van der Waals surface area (Å²) in [7, 11) is 2.19. The van der Waals surface area contributed by atoms with Crippen LogP contribution in [0.25, 0.3) is 0 Å². The Morgan fingerprint density at radius 1 is 1.32 bits per heavy atom. The van der Waals surface area contributed by atoms with Crippen LogP contribution < -0.4 is 5.32 Å². The van der Waals surface area contributed by atoms with Crippen LogP contribution in [0.4, 0.5) is 5.69 Å². The number of nitrogens with one attached hydrogen (secondary N) is 1. The molecule has 0 bridgehead atoms. The average molecular weight is 301 g/mol. The van der Waals surface area contributed by atoms with Gasteiger partial charge in [0.05, 0.1) is 10.7 Å². The summed E-state index contributed by atoms with van der Waals surface area (Å²) >= 11 is 12.5. The molecule has 0 radical (unpaired) electrons. The number of hydrogen-bond acceptors (Lipinski definition) is 2. The van der Waals surface area contributed by atoms with Crippen LogP contribution >= 0.6 is 23.2 Å². The Labute approximate surface area is 126 Å². The fraction of sp³-hybridized carbons (Fsp3) is 0.600. The lowest BCUT2D eigenvalue weighted by Crippen LogP contribution is -2.39. The van der Waals surface area contributed by atoms with E-state index in [0.29, 0.717) is 12.0 Å². The molecular weight excluding hydrogens is 279 g/mol. The maximum absolute atomic E-state index is 6.28. The molecule has 2 atom stereocenters. The van der Waals surface area contributed by atoms with Crippen molar-refractivity contribution in [3.05, 3.63) is 27.7 Å². The Morgan fingerprint density at radius 2 is 2.05 bits per heavy atom. The summed E-state index contributed by atoms with van der Waals surface area (Å²) in [6.45, 7) is 6.55. The first-order chi connectivity index (χ1) is 8.97. The summed E-state index contributed by atoms with van der Waals surface area (Å²) in [6, 6.07) is 4.26. The number of anilines is 1. The lowest BCUT2D eigenvalue weighted by Gasteiger charge is -2.34. The Kier molecular flexibility index (Phi) is 4.99. The van der Waals surface area contributed by atoms with E-state index in [9.17, 15) is 0 Å². The number of piperidine rings is 1. The minimum atomic E-state index is 0.402.